The Morgan fingerprint density at radius 3 is 2.71 bits per heavy atom. The van der Waals surface area contributed by atoms with Crippen LogP contribution in [0.2, 0.25) is 0 Å². The van der Waals surface area contributed by atoms with Gasteiger partial charge in [-0.3, -0.25) is 4.90 Å². The van der Waals surface area contributed by atoms with E-state index >= 15 is 0 Å². The molecule has 0 bridgehead atoms. The molecule has 0 amide bonds. The highest BCUT2D eigenvalue weighted by molar-refractivity contribution is 5.50. The number of piperazine rings is 1. The van der Waals surface area contributed by atoms with E-state index < -0.39 is 0 Å². The smallest absolute Gasteiger partial charge is 0.131 e. The highest BCUT2D eigenvalue weighted by atomic mass is 15.3. The van der Waals surface area contributed by atoms with Crippen molar-refractivity contribution in [2.75, 3.05) is 38.1 Å². The first-order chi connectivity index (χ1) is 10.1. The van der Waals surface area contributed by atoms with E-state index in [0.29, 0.717) is 12.0 Å². The molecule has 0 aliphatic carbocycles. The van der Waals surface area contributed by atoms with Gasteiger partial charge in [0.2, 0.25) is 0 Å². The van der Waals surface area contributed by atoms with Crippen LogP contribution in [0.3, 0.4) is 0 Å². The largest absolute Gasteiger partial charge is 0.366 e. The number of rotatable bonds is 5. The molecule has 1 aromatic rings. The lowest BCUT2D eigenvalue weighted by molar-refractivity contribution is 0.199. The quantitative estimate of drug-likeness (QED) is 0.897. The summed E-state index contributed by atoms with van der Waals surface area (Å²) in [5.41, 5.74) is 2.31. The van der Waals surface area contributed by atoms with Crippen LogP contribution < -0.4 is 10.2 Å². The molecule has 1 saturated heterocycles. The van der Waals surface area contributed by atoms with Crippen LogP contribution in [-0.2, 0) is 6.54 Å². The van der Waals surface area contributed by atoms with E-state index in [-0.39, 0.29) is 0 Å². The summed E-state index contributed by atoms with van der Waals surface area (Å²) in [6.45, 7) is 14.0. The zero-order valence-electron chi connectivity index (χ0n) is 14.1. The number of anilines is 1. The van der Waals surface area contributed by atoms with Gasteiger partial charge in [-0.1, -0.05) is 20.8 Å². The van der Waals surface area contributed by atoms with E-state index in [1.54, 1.807) is 0 Å². The van der Waals surface area contributed by atoms with Gasteiger partial charge in [-0.25, -0.2) is 9.97 Å². The molecule has 0 saturated carbocycles. The fourth-order valence-electron chi connectivity index (χ4n) is 2.95. The lowest BCUT2D eigenvalue weighted by atomic mass is 10.1. The fraction of sp³-hybridized carbons (Fsp3) is 0.750. The third-order valence-electron chi connectivity index (χ3n) is 4.24. The van der Waals surface area contributed by atoms with Gasteiger partial charge in [0.05, 0.1) is 17.6 Å². The predicted octanol–water partition coefficient (Wildman–Crippen LogP) is 1.85. The number of nitrogens with one attached hydrogen (secondary N) is 1. The van der Waals surface area contributed by atoms with E-state index in [1.165, 1.54) is 5.69 Å². The molecule has 1 aliphatic heterocycles. The Morgan fingerprint density at radius 1 is 1.38 bits per heavy atom. The zero-order chi connectivity index (χ0) is 15.4. The summed E-state index contributed by atoms with van der Waals surface area (Å²) in [6.07, 6.45) is 2.02. The van der Waals surface area contributed by atoms with E-state index in [0.717, 1.165) is 44.2 Å². The summed E-state index contributed by atoms with van der Waals surface area (Å²) in [5, 5.41) is 3.23. The van der Waals surface area contributed by atoms with Crippen molar-refractivity contribution in [3.63, 3.8) is 0 Å². The maximum Gasteiger partial charge on any atom is 0.131 e. The third-order valence-corrected chi connectivity index (χ3v) is 4.24. The molecule has 1 N–H and O–H groups in total. The molecule has 2 rings (SSSR count). The number of hydrogen-bond donors (Lipinski definition) is 1. The van der Waals surface area contributed by atoms with Gasteiger partial charge < -0.3 is 10.2 Å². The van der Waals surface area contributed by atoms with Crippen LogP contribution in [0.1, 0.15) is 45.1 Å². The first-order valence-corrected chi connectivity index (χ1v) is 8.06. The lowest BCUT2D eigenvalue weighted by Crippen LogP contribution is -2.52. The molecule has 5 nitrogen and oxygen atoms in total. The fourth-order valence-corrected chi connectivity index (χ4v) is 2.95. The van der Waals surface area contributed by atoms with Crippen LogP contribution in [0.15, 0.2) is 6.20 Å². The molecule has 118 valence electrons. The summed E-state index contributed by atoms with van der Waals surface area (Å²) in [5.74, 6) is 1.30. The Kier molecular flexibility index (Phi) is 5.53. The van der Waals surface area contributed by atoms with Crippen molar-refractivity contribution in [2.45, 2.75) is 46.2 Å². The van der Waals surface area contributed by atoms with Gasteiger partial charge in [0.1, 0.15) is 5.82 Å². The van der Waals surface area contributed by atoms with Crippen LogP contribution in [0, 0.1) is 0 Å². The first kappa shape index (κ1) is 16.2. The lowest BCUT2D eigenvalue weighted by Gasteiger charge is -2.40. The zero-order valence-corrected chi connectivity index (χ0v) is 14.1. The number of aromatic nitrogens is 2. The Hall–Kier alpha value is -1.20. The maximum absolute atomic E-state index is 4.77. The van der Waals surface area contributed by atoms with Gasteiger partial charge in [-0.2, -0.15) is 0 Å². The number of hydrogen-bond acceptors (Lipinski definition) is 5. The molecule has 1 aromatic heterocycles. The molecular formula is C16H29N5. The second-order valence-electron chi connectivity index (χ2n) is 6.17. The molecule has 1 aliphatic rings. The summed E-state index contributed by atoms with van der Waals surface area (Å²) in [7, 11) is 1.97. The Labute approximate surface area is 128 Å². The standard InChI is InChI=1S/C16H29N5/c1-6-20-7-8-21(11-13(20)4)15-10-18-16(12(2)3)19-14(15)9-17-5/h10,12-13,17H,6-9,11H2,1-5H3. The van der Waals surface area contributed by atoms with Crippen molar-refractivity contribution in [2.24, 2.45) is 0 Å². The summed E-state index contributed by atoms with van der Waals surface area (Å²) in [4.78, 5) is 14.3. The highest BCUT2D eigenvalue weighted by Crippen LogP contribution is 2.23. The minimum absolute atomic E-state index is 0.366. The van der Waals surface area contributed by atoms with Crippen molar-refractivity contribution < 1.29 is 0 Å². The molecule has 0 aromatic carbocycles. The van der Waals surface area contributed by atoms with Crippen LogP contribution in [0.25, 0.3) is 0 Å². The second kappa shape index (κ2) is 7.18. The van der Waals surface area contributed by atoms with Gasteiger partial charge in [-0.15, -0.1) is 0 Å². The summed E-state index contributed by atoms with van der Waals surface area (Å²) >= 11 is 0. The minimum atomic E-state index is 0.366. The second-order valence-corrected chi connectivity index (χ2v) is 6.17. The molecule has 1 atom stereocenters. The van der Waals surface area contributed by atoms with E-state index in [9.17, 15) is 0 Å². The highest BCUT2D eigenvalue weighted by Gasteiger charge is 2.24. The molecular weight excluding hydrogens is 262 g/mol. The predicted molar refractivity (Wildman–Crippen MR) is 87.8 cm³/mol. The normalized spacial score (nSPS) is 20.3. The van der Waals surface area contributed by atoms with Crippen molar-refractivity contribution in [3.8, 4) is 0 Å². The Balaban J connectivity index is 2.22. The van der Waals surface area contributed by atoms with E-state index in [2.05, 4.69) is 47.8 Å². The van der Waals surface area contributed by atoms with Crippen LogP contribution in [-0.4, -0.2) is 54.1 Å². The molecule has 1 unspecified atom stereocenters. The van der Waals surface area contributed by atoms with Gasteiger partial charge >= 0.3 is 0 Å². The van der Waals surface area contributed by atoms with Crippen molar-refractivity contribution in [1.82, 2.24) is 20.2 Å². The topological polar surface area (TPSA) is 44.3 Å². The van der Waals surface area contributed by atoms with Crippen molar-refractivity contribution in [3.05, 3.63) is 17.7 Å². The van der Waals surface area contributed by atoms with Crippen molar-refractivity contribution in [1.29, 1.82) is 0 Å². The van der Waals surface area contributed by atoms with Gasteiger partial charge in [0, 0.05) is 38.1 Å². The molecule has 5 heteroatoms. The van der Waals surface area contributed by atoms with Gasteiger partial charge in [0.15, 0.2) is 0 Å². The Morgan fingerprint density at radius 2 is 2.14 bits per heavy atom. The van der Waals surface area contributed by atoms with E-state index in [4.69, 9.17) is 4.98 Å². The van der Waals surface area contributed by atoms with E-state index in [1.807, 2.05) is 13.2 Å². The van der Waals surface area contributed by atoms with Gasteiger partial charge in [0.25, 0.3) is 0 Å². The van der Waals surface area contributed by atoms with Gasteiger partial charge in [-0.05, 0) is 20.5 Å². The summed E-state index contributed by atoms with van der Waals surface area (Å²) in [6, 6.07) is 0.580. The maximum atomic E-state index is 4.77. The molecule has 0 spiro atoms. The first-order valence-electron chi connectivity index (χ1n) is 8.06. The number of likely N-dealkylation sites (N-methyl/N-ethyl adjacent to an activating group) is 1. The molecule has 2 heterocycles. The van der Waals surface area contributed by atoms with Crippen molar-refractivity contribution >= 4 is 5.69 Å². The molecule has 1 fully saturated rings. The third kappa shape index (κ3) is 3.71. The molecule has 0 radical (unpaired) electrons. The average molecular weight is 291 g/mol. The van der Waals surface area contributed by atoms with Crippen LogP contribution in [0.5, 0.6) is 0 Å². The van der Waals surface area contributed by atoms with Crippen LogP contribution in [0.4, 0.5) is 5.69 Å². The summed E-state index contributed by atoms with van der Waals surface area (Å²) < 4.78 is 0. The average Bonchev–Trinajstić information content (AvgIpc) is 2.47. The SMILES string of the molecule is CCN1CCN(c2cnc(C(C)C)nc2CNC)CC1C. The Bertz CT molecular complexity index is 460. The minimum Gasteiger partial charge on any atom is -0.366 e. The monoisotopic (exact) mass is 291 g/mol. The van der Waals surface area contributed by atoms with Crippen LogP contribution >= 0.6 is 0 Å². The molecule has 21 heavy (non-hydrogen) atoms. The number of nitrogens with zero attached hydrogens (tertiary/aromatic N) is 4.